The second-order valence-electron chi connectivity index (χ2n) is 5.99. The zero-order chi connectivity index (χ0) is 18.5. The summed E-state index contributed by atoms with van der Waals surface area (Å²) in [5.74, 6) is 0.850. The highest BCUT2D eigenvalue weighted by Crippen LogP contribution is 2.13. The molecule has 0 amide bonds. The number of aliphatic imine (C=N–C) groups is 1. The quantitative estimate of drug-likeness (QED) is 0.359. The first-order chi connectivity index (χ1) is 12.8. The van der Waals surface area contributed by atoms with Gasteiger partial charge in [0, 0.05) is 44.2 Å². The summed E-state index contributed by atoms with van der Waals surface area (Å²) in [6, 6.07) is 10.3. The molecule has 1 aromatic heterocycles. The van der Waals surface area contributed by atoms with Crippen molar-refractivity contribution in [1.29, 1.82) is 0 Å². The standard InChI is InChI=1S/C20H30N4OS/c1-3-18-15-24-19(26-18)11-13-23-20(21-2)22-12-7-8-14-25-16-17-9-5-4-6-10-17/h4-6,9-10,15H,3,7-8,11-14,16H2,1-2H3,(H2,21,22,23). The van der Waals surface area contributed by atoms with E-state index in [-0.39, 0.29) is 0 Å². The molecule has 0 saturated heterocycles. The van der Waals surface area contributed by atoms with E-state index in [4.69, 9.17) is 4.74 Å². The van der Waals surface area contributed by atoms with E-state index >= 15 is 0 Å². The molecular formula is C20H30N4OS. The van der Waals surface area contributed by atoms with Gasteiger partial charge in [0.25, 0.3) is 0 Å². The van der Waals surface area contributed by atoms with E-state index in [2.05, 4.69) is 39.7 Å². The van der Waals surface area contributed by atoms with Crippen LogP contribution in [0, 0.1) is 0 Å². The van der Waals surface area contributed by atoms with Crippen LogP contribution in [0.1, 0.15) is 35.2 Å². The molecule has 0 fully saturated rings. The first-order valence-electron chi connectivity index (χ1n) is 9.31. The van der Waals surface area contributed by atoms with E-state index in [0.717, 1.165) is 51.3 Å². The molecule has 5 nitrogen and oxygen atoms in total. The molecule has 0 radical (unpaired) electrons. The topological polar surface area (TPSA) is 58.5 Å². The third-order valence-corrected chi connectivity index (χ3v) is 5.13. The summed E-state index contributed by atoms with van der Waals surface area (Å²) < 4.78 is 5.70. The molecule has 142 valence electrons. The van der Waals surface area contributed by atoms with Crippen LogP contribution in [0.3, 0.4) is 0 Å². The number of nitrogens with zero attached hydrogens (tertiary/aromatic N) is 2. The summed E-state index contributed by atoms with van der Waals surface area (Å²) in [4.78, 5) is 10.0. The largest absolute Gasteiger partial charge is 0.377 e. The van der Waals surface area contributed by atoms with Gasteiger partial charge in [0.1, 0.15) is 0 Å². The van der Waals surface area contributed by atoms with E-state index in [1.165, 1.54) is 15.4 Å². The minimum atomic E-state index is 0.688. The number of aryl methyl sites for hydroxylation is 1. The maximum Gasteiger partial charge on any atom is 0.190 e. The number of ether oxygens (including phenoxy) is 1. The number of rotatable bonds is 11. The summed E-state index contributed by atoms with van der Waals surface area (Å²) >= 11 is 1.79. The average molecular weight is 375 g/mol. The molecule has 0 bridgehead atoms. The minimum Gasteiger partial charge on any atom is -0.377 e. The molecule has 0 spiro atoms. The Balaban J connectivity index is 1.49. The number of hydrogen-bond donors (Lipinski definition) is 2. The van der Waals surface area contributed by atoms with Crippen LogP contribution in [-0.2, 0) is 24.2 Å². The number of aromatic nitrogens is 1. The molecule has 0 aliphatic carbocycles. The molecule has 1 aromatic carbocycles. The van der Waals surface area contributed by atoms with Crippen LogP contribution in [0.25, 0.3) is 0 Å². The molecule has 6 heteroatoms. The van der Waals surface area contributed by atoms with Crippen LogP contribution in [0.4, 0.5) is 0 Å². The second kappa shape index (κ2) is 12.4. The van der Waals surface area contributed by atoms with Gasteiger partial charge in [0.15, 0.2) is 5.96 Å². The van der Waals surface area contributed by atoms with Crippen molar-refractivity contribution in [2.24, 2.45) is 4.99 Å². The van der Waals surface area contributed by atoms with Crippen LogP contribution in [-0.4, -0.2) is 37.7 Å². The summed E-state index contributed by atoms with van der Waals surface area (Å²) in [5, 5.41) is 7.87. The van der Waals surface area contributed by atoms with Crippen LogP contribution in [0.2, 0.25) is 0 Å². The van der Waals surface area contributed by atoms with Crippen molar-refractivity contribution in [3.8, 4) is 0 Å². The fourth-order valence-electron chi connectivity index (χ4n) is 2.44. The lowest BCUT2D eigenvalue weighted by molar-refractivity contribution is 0.117. The van der Waals surface area contributed by atoms with Gasteiger partial charge in [-0.1, -0.05) is 37.3 Å². The average Bonchev–Trinajstić information content (AvgIpc) is 3.14. The van der Waals surface area contributed by atoms with Crippen molar-refractivity contribution in [2.45, 2.75) is 39.2 Å². The highest BCUT2D eigenvalue weighted by Gasteiger charge is 2.02. The SMILES string of the molecule is CCc1cnc(CCNC(=NC)NCCCCOCc2ccccc2)s1. The molecule has 0 saturated carbocycles. The molecule has 26 heavy (non-hydrogen) atoms. The van der Waals surface area contributed by atoms with E-state index in [1.807, 2.05) is 24.4 Å². The number of guanidine groups is 1. The Morgan fingerprint density at radius 1 is 1.15 bits per heavy atom. The van der Waals surface area contributed by atoms with E-state index in [9.17, 15) is 0 Å². The van der Waals surface area contributed by atoms with E-state index in [0.29, 0.717) is 6.61 Å². The Morgan fingerprint density at radius 2 is 1.96 bits per heavy atom. The maximum absolute atomic E-state index is 5.70. The van der Waals surface area contributed by atoms with Crippen molar-refractivity contribution >= 4 is 17.3 Å². The number of nitrogens with one attached hydrogen (secondary N) is 2. The molecule has 2 aromatic rings. The van der Waals surface area contributed by atoms with Crippen molar-refractivity contribution in [2.75, 3.05) is 26.7 Å². The number of unbranched alkanes of at least 4 members (excludes halogenated alkanes) is 1. The second-order valence-corrected chi connectivity index (χ2v) is 7.19. The zero-order valence-corrected chi connectivity index (χ0v) is 16.6. The third kappa shape index (κ3) is 7.97. The highest BCUT2D eigenvalue weighted by molar-refractivity contribution is 7.11. The summed E-state index contributed by atoms with van der Waals surface area (Å²) in [6.45, 7) is 5.37. The van der Waals surface area contributed by atoms with Gasteiger partial charge in [-0.25, -0.2) is 4.98 Å². The Labute approximate surface area is 160 Å². The van der Waals surface area contributed by atoms with Crippen molar-refractivity contribution < 1.29 is 4.74 Å². The minimum absolute atomic E-state index is 0.688. The first-order valence-corrected chi connectivity index (χ1v) is 10.1. The van der Waals surface area contributed by atoms with Gasteiger partial charge in [-0.3, -0.25) is 4.99 Å². The van der Waals surface area contributed by atoms with Gasteiger partial charge in [0.2, 0.25) is 0 Å². The number of hydrogen-bond acceptors (Lipinski definition) is 4. The molecule has 2 N–H and O–H groups in total. The van der Waals surface area contributed by atoms with Gasteiger partial charge in [-0.2, -0.15) is 0 Å². The lowest BCUT2D eigenvalue weighted by atomic mass is 10.2. The summed E-state index contributed by atoms with van der Waals surface area (Å²) in [6.07, 6.45) is 6.06. The smallest absolute Gasteiger partial charge is 0.190 e. The lowest BCUT2D eigenvalue weighted by Gasteiger charge is -2.11. The zero-order valence-electron chi connectivity index (χ0n) is 15.8. The molecule has 0 aliphatic heterocycles. The van der Waals surface area contributed by atoms with Gasteiger partial charge >= 0.3 is 0 Å². The third-order valence-electron chi connectivity index (χ3n) is 3.92. The number of benzene rings is 1. The number of thiazole rings is 1. The first kappa shape index (κ1) is 20.4. The Hall–Kier alpha value is -1.92. The monoisotopic (exact) mass is 374 g/mol. The van der Waals surface area contributed by atoms with Crippen LogP contribution < -0.4 is 10.6 Å². The van der Waals surface area contributed by atoms with Crippen LogP contribution in [0.5, 0.6) is 0 Å². The molecule has 1 heterocycles. The molecule has 2 rings (SSSR count). The molecule has 0 unspecified atom stereocenters. The predicted octanol–water partition coefficient (Wildman–Crippen LogP) is 3.41. The van der Waals surface area contributed by atoms with Crippen LogP contribution in [0.15, 0.2) is 41.5 Å². The van der Waals surface area contributed by atoms with Crippen molar-refractivity contribution in [3.63, 3.8) is 0 Å². The van der Waals surface area contributed by atoms with Gasteiger partial charge in [-0.05, 0) is 24.8 Å². The van der Waals surface area contributed by atoms with Crippen molar-refractivity contribution in [3.05, 3.63) is 52.0 Å². The van der Waals surface area contributed by atoms with E-state index in [1.54, 1.807) is 18.4 Å². The van der Waals surface area contributed by atoms with Gasteiger partial charge < -0.3 is 15.4 Å². The van der Waals surface area contributed by atoms with Gasteiger partial charge in [0.05, 0.1) is 11.6 Å². The fraction of sp³-hybridized carbons (Fsp3) is 0.500. The molecular weight excluding hydrogens is 344 g/mol. The molecule has 0 aliphatic rings. The normalized spacial score (nSPS) is 11.5. The Kier molecular flexibility index (Phi) is 9.75. The van der Waals surface area contributed by atoms with Gasteiger partial charge in [-0.15, -0.1) is 11.3 Å². The maximum atomic E-state index is 5.70. The Morgan fingerprint density at radius 3 is 2.69 bits per heavy atom. The lowest BCUT2D eigenvalue weighted by Crippen LogP contribution is -2.38. The molecule has 0 atom stereocenters. The fourth-order valence-corrected chi connectivity index (χ4v) is 3.30. The van der Waals surface area contributed by atoms with Crippen molar-refractivity contribution in [1.82, 2.24) is 15.6 Å². The van der Waals surface area contributed by atoms with E-state index < -0.39 is 0 Å². The highest BCUT2D eigenvalue weighted by atomic mass is 32.1. The van der Waals surface area contributed by atoms with Crippen LogP contribution >= 0.6 is 11.3 Å². The summed E-state index contributed by atoms with van der Waals surface area (Å²) in [5.41, 5.74) is 1.22. The summed E-state index contributed by atoms with van der Waals surface area (Å²) in [7, 11) is 1.80. The Bertz CT molecular complexity index is 642. The predicted molar refractivity (Wildman–Crippen MR) is 110 cm³/mol.